The van der Waals surface area contributed by atoms with Crippen LogP contribution in [0, 0.1) is 5.92 Å². The zero-order valence-corrected chi connectivity index (χ0v) is 15.1. The van der Waals surface area contributed by atoms with Crippen LogP contribution in [-0.4, -0.2) is 46.5 Å². The molecular weight excluding hydrogens is 314 g/mol. The van der Waals surface area contributed by atoms with Gasteiger partial charge in [-0.2, -0.15) is 0 Å². The molecule has 0 spiro atoms. The third-order valence-corrected chi connectivity index (χ3v) is 7.34. The van der Waals surface area contributed by atoms with Gasteiger partial charge in [0.1, 0.15) is 6.10 Å². The maximum absolute atomic E-state index is 12.0. The van der Waals surface area contributed by atoms with Gasteiger partial charge in [-0.1, -0.05) is 12.6 Å². The third-order valence-electron chi connectivity index (χ3n) is 7.34. The van der Waals surface area contributed by atoms with E-state index in [0.717, 1.165) is 36.4 Å². The van der Waals surface area contributed by atoms with Gasteiger partial charge >= 0.3 is 0 Å². The second-order valence-electron chi connectivity index (χ2n) is 8.83. The molecule has 0 aromatic heterocycles. The second-order valence-corrected chi connectivity index (χ2v) is 8.83. The van der Waals surface area contributed by atoms with Crippen molar-refractivity contribution in [3.63, 3.8) is 0 Å². The molecule has 4 heteroatoms. The highest BCUT2D eigenvalue weighted by atomic mass is 16.5. The number of benzene rings is 1. The first-order valence-corrected chi connectivity index (χ1v) is 9.48. The van der Waals surface area contributed by atoms with Crippen molar-refractivity contribution in [1.82, 2.24) is 4.90 Å². The van der Waals surface area contributed by atoms with Crippen LogP contribution in [0.3, 0.4) is 0 Å². The summed E-state index contributed by atoms with van der Waals surface area (Å²) in [5.41, 5.74) is 1.82. The zero-order chi connectivity index (χ0) is 17.6. The average molecular weight is 341 g/mol. The number of rotatable bonds is 3. The number of phenols is 1. The predicted octanol–water partition coefficient (Wildman–Crippen LogP) is 2.76. The van der Waals surface area contributed by atoms with Crippen LogP contribution < -0.4 is 4.74 Å². The van der Waals surface area contributed by atoms with Crippen LogP contribution in [0.4, 0.5) is 0 Å². The molecule has 0 amide bonds. The van der Waals surface area contributed by atoms with Gasteiger partial charge in [-0.05, 0) is 69.2 Å². The lowest BCUT2D eigenvalue weighted by Crippen LogP contribution is -2.70. The van der Waals surface area contributed by atoms with Crippen LogP contribution in [-0.2, 0) is 11.8 Å². The molecule has 1 heterocycles. The van der Waals surface area contributed by atoms with Gasteiger partial charge in [-0.15, -0.1) is 0 Å². The molecule has 4 nitrogen and oxygen atoms in total. The zero-order valence-electron chi connectivity index (χ0n) is 15.1. The van der Waals surface area contributed by atoms with Gasteiger partial charge < -0.3 is 14.9 Å². The highest BCUT2D eigenvalue weighted by Gasteiger charge is 2.67. The smallest absolute Gasteiger partial charge is 0.166 e. The van der Waals surface area contributed by atoms with Crippen molar-refractivity contribution in [2.45, 2.75) is 62.2 Å². The number of aliphatic hydroxyl groups is 1. The highest BCUT2D eigenvalue weighted by Crippen LogP contribution is 2.63. The number of hydrogen-bond acceptors (Lipinski definition) is 4. The summed E-state index contributed by atoms with van der Waals surface area (Å²) in [4.78, 5) is 2.38. The molecule has 2 N–H and O–H groups in total. The maximum Gasteiger partial charge on any atom is 0.166 e. The number of nitrogens with zero attached hydrogens (tertiary/aromatic N) is 1. The SMILES string of the molecule is C=C1CC[C@@]2(O)C(N(C)CC3CC3)Cc3ccc(O)c4c3[C@@]2(C)[C@H]1O4. The van der Waals surface area contributed by atoms with E-state index >= 15 is 0 Å². The van der Waals surface area contributed by atoms with Gasteiger partial charge in [0.2, 0.25) is 0 Å². The van der Waals surface area contributed by atoms with Gasteiger partial charge in [0.15, 0.2) is 11.5 Å². The monoisotopic (exact) mass is 341 g/mol. The number of ether oxygens (including phenoxy) is 1. The fourth-order valence-corrected chi connectivity index (χ4v) is 5.76. The molecule has 4 atom stereocenters. The van der Waals surface area contributed by atoms with E-state index in [1.807, 2.05) is 6.07 Å². The summed E-state index contributed by atoms with van der Waals surface area (Å²) in [6.07, 6.45) is 4.64. The van der Waals surface area contributed by atoms with Crippen molar-refractivity contribution < 1.29 is 14.9 Å². The van der Waals surface area contributed by atoms with Crippen molar-refractivity contribution in [3.8, 4) is 11.5 Å². The molecule has 2 saturated carbocycles. The van der Waals surface area contributed by atoms with Crippen LogP contribution in [0.2, 0.25) is 0 Å². The van der Waals surface area contributed by atoms with Gasteiger partial charge in [0.25, 0.3) is 0 Å². The van der Waals surface area contributed by atoms with Gasteiger partial charge in [-0.3, -0.25) is 4.90 Å². The van der Waals surface area contributed by atoms with E-state index in [0.29, 0.717) is 12.2 Å². The fraction of sp³-hybridized carbons (Fsp3) is 0.619. The molecule has 134 valence electrons. The van der Waals surface area contributed by atoms with Crippen molar-refractivity contribution in [3.05, 3.63) is 35.4 Å². The Kier molecular flexibility index (Phi) is 3.02. The van der Waals surface area contributed by atoms with E-state index in [1.54, 1.807) is 6.07 Å². The Morgan fingerprint density at radius 2 is 2.12 bits per heavy atom. The number of likely N-dealkylation sites (N-methyl/N-ethyl adjacent to an activating group) is 1. The van der Waals surface area contributed by atoms with Crippen molar-refractivity contribution in [2.24, 2.45) is 5.92 Å². The van der Waals surface area contributed by atoms with Crippen LogP contribution >= 0.6 is 0 Å². The summed E-state index contributed by atoms with van der Waals surface area (Å²) < 4.78 is 6.21. The van der Waals surface area contributed by atoms with Crippen molar-refractivity contribution in [2.75, 3.05) is 13.6 Å². The van der Waals surface area contributed by atoms with E-state index in [2.05, 4.69) is 25.5 Å². The quantitative estimate of drug-likeness (QED) is 0.830. The highest BCUT2D eigenvalue weighted by molar-refractivity contribution is 5.62. The molecule has 2 fully saturated rings. The van der Waals surface area contributed by atoms with E-state index in [9.17, 15) is 10.2 Å². The molecule has 0 radical (unpaired) electrons. The summed E-state index contributed by atoms with van der Waals surface area (Å²) in [6.45, 7) is 7.40. The summed E-state index contributed by atoms with van der Waals surface area (Å²) in [5, 5.41) is 22.4. The minimum Gasteiger partial charge on any atom is -0.504 e. The molecule has 3 aliphatic carbocycles. The van der Waals surface area contributed by atoms with Crippen molar-refractivity contribution >= 4 is 0 Å². The largest absolute Gasteiger partial charge is 0.504 e. The third kappa shape index (κ3) is 1.85. The average Bonchev–Trinajstić information content (AvgIpc) is 3.31. The van der Waals surface area contributed by atoms with Crippen LogP contribution in [0.15, 0.2) is 24.3 Å². The number of hydrogen-bond donors (Lipinski definition) is 2. The maximum atomic E-state index is 12.0. The molecule has 1 aromatic rings. The molecule has 0 bridgehead atoms. The summed E-state index contributed by atoms with van der Waals surface area (Å²) in [6, 6.07) is 3.82. The molecule has 5 rings (SSSR count). The predicted molar refractivity (Wildman–Crippen MR) is 96.0 cm³/mol. The topological polar surface area (TPSA) is 52.9 Å². The first-order valence-electron chi connectivity index (χ1n) is 9.48. The second kappa shape index (κ2) is 4.80. The van der Waals surface area contributed by atoms with E-state index in [1.165, 1.54) is 18.4 Å². The summed E-state index contributed by atoms with van der Waals surface area (Å²) in [5.74, 6) is 1.52. The van der Waals surface area contributed by atoms with Crippen LogP contribution in [0.25, 0.3) is 0 Å². The molecular formula is C21H27NO3. The molecule has 1 aliphatic heterocycles. The normalized spacial score (nSPS) is 38.6. The van der Waals surface area contributed by atoms with Crippen molar-refractivity contribution in [1.29, 1.82) is 0 Å². The van der Waals surface area contributed by atoms with Gasteiger partial charge in [0, 0.05) is 18.2 Å². The Bertz CT molecular complexity index is 771. The molecule has 0 saturated heterocycles. The number of aromatic hydroxyl groups is 1. The van der Waals surface area contributed by atoms with Gasteiger partial charge in [-0.25, -0.2) is 0 Å². The lowest BCUT2D eigenvalue weighted by molar-refractivity contribution is -0.135. The first kappa shape index (κ1) is 15.7. The standard InChI is InChI=1S/C21H27NO3/c1-12-8-9-21(24)16(22(3)11-13-4-5-13)10-14-6-7-15(23)18-17(14)20(21,2)19(12)25-18/h6-7,13,16,19,23-24H,1,4-5,8-11H2,2-3H3/t16?,19-,20-,21+/m0/s1. The van der Waals surface area contributed by atoms with E-state index in [-0.39, 0.29) is 17.9 Å². The minimum absolute atomic E-state index is 0.0697. The minimum atomic E-state index is -0.867. The van der Waals surface area contributed by atoms with Gasteiger partial charge in [0.05, 0.1) is 11.0 Å². The van der Waals surface area contributed by atoms with E-state index in [4.69, 9.17) is 4.74 Å². The lowest BCUT2D eigenvalue weighted by atomic mass is 9.52. The summed E-state index contributed by atoms with van der Waals surface area (Å²) in [7, 11) is 2.16. The molecule has 25 heavy (non-hydrogen) atoms. The Morgan fingerprint density at radius 3 is 2.84 bits per heavy atom. The lowest BCUT2D eigenvalue weighted by Gasteiger charge is -2.58. The molecule has 4 aliphatic rings. The molecule has 1 unspecified atom stereocenters. The van der Waals surface area contributed by atoms with Crippen LogP contribution in [0.5, 0.6) is 11.5 Å². The Hall–Kier alpha value is -1.52. The summed E-state index contributed by atoms with van der Waals surface area (Å²) >= 11 is 0. The van der Waals surface area contributed by atoms with E-state index < -0.39 is 11.0 Å². The Morgan fingerprint density at radius 1 is 1.36 bits per heavy atom. The Balaban J connectivity index is 1.68. The Labute approximate surface area is 149 Å². The number of phenolic OH excluding ortho intramolecular Hbond substituents is 1. The fourth-order valence-electron chi connectivity index (χ4n) is 5.76. The molecule has 1 aromatic carbocycles. The van der Waals surface area contributed by atoms with Crippen LogP contribution in [0.1, 0.15) is 43.7 Å². The first-order chi connectivity index (χ1) is 11.9.